The van der Waals surface area contributed by atoms with E-state index in [0.717, 1.165) is 12.1 Å². The van der Waals surface area contributed by atoms with Gasteiger partial charge < -0.3 is 4.90 Å². The van der Waals surface area contributed by atoms with Gasteiger partial charge in [0.1, 0.15) is 11.5 Å². The van der Waals surface area contributed by atoms with Gasteiger partial charge in [-0.05, 0) is 36.2 Å². The van der Waals surface area contributed by atoms with Crippen LogP contribution in [0, 0.1) is 24.4 Å². The van der Waals surface area contributed by atoms with Crippen molar-refractivity contribution in [1.29, 1.82) is 0 Å². The van der Waals surface area contributed by atoms with Gasteiger partial charge in [-0.2, -0.15) is 0 Å². The van der Waals surface area contributed by atoms with E-state index < -0.39 is 17.5 Å². The minimum absolute atomic E-state index is 0.134. The van der Waals surface area contributed by atoms with E-state index in [9.17, 15) is 18.0 Å². The van der Waals surface area contributed by atoms with Crippen LogP contribution in [0.5, 0.6) is 0 Å². The molecule has 0 unspecified atom stereocenters. The molecule has 0 spiro atoms. The highest BCUT2D eigenvalue weighted by Crippen LogP contribution is 2.21. The molecule has 0 fully saturated rings. The Morgan fingerprint density at radius 2 is 1.82 bits per heavy atom. The van der Waals surface area contributed by atoms with Gasteiger partial charge in [0.05, 0.1) is 0 Å². The molecule has 22 heavy (non-hydrogen) atoms. The number of amides is 1. The van der Waals surface area contributed by atoms with Crippen LogP contribution in [0.2, 0.25) is 0 Å². The number of benzene rings is 1. The molecule has 6 heteroatoms. The van der Waals surface area contributed by atoms with Gasteiger partial charge in [-0.3, -0.25) is 9.78 Å². The Hall–Kier alpha value is -2.37. The van der Waals surface area contributed by atoms with Crippen molar-refractivity contribution < 1.29 is 18.0 Å². The molecular formula is C16H15F3N2O. The number of carbonyl (C=O) groups excluding carboxylic acids is 1. The molecule has 2 aromatic rings. The first-order valence-electron chi connectivity index (χ1n) is 6.60. The van der Waals surface area contributed by atoms with Crippen molar-refractivity contribution in [3.63, 3.8) is 0 Å². The third kappa shape index (κ3) is 3.10. The Labute approximate surface area is 126 Å². The van der Waals surface area contributed by atoms with Crippen LogP contribution in [0.1, 0.15) is 27.2 Å². The number of nitrogens with zero attached hydrogens (tertiary/aromatic N) is 2. The van der Waals surface area contributed by atoms with E-state index in [1.54, 1.807) is 27.1 Å². The van der Waals surface area contributed by atoms with E-state index in [4.69, 9.17) is 0 Å². The molecule has 0 aliphatic rings. The Bertz CT molecular complexity index is 730. The Kier molecular flexibility index (Phi) is 4.49. The maximum Gasteiger partial charge on any atom is 0.271 e. The summed E-state index contributed by atoms with van der Waals surface area (Å²) >= 11 is 0. The highest BCUT2D eigenvalue weighted by molar-refractivity contribution is 5.92. The van der Waals surface area contributed by atoms with Crippen LogP contribution >= 0.6 is 0 Å². The van der Waals surface area contributed by atoms with Crippen LogP contribution in [0.3, 0.4) is 0 Å². The molecule has 1 aromatic carbocycles. The number of aryl methyl sites for hydroxylation is 1. The summed E-state index contributed by atoms with van der Waals surface area (Å²) in [4.78, 5) is 17.2. The second-order valence-corrected chi connectivity index (χ2v) is 5.19. The van der Waals surface area contributed by atoms with Crippen LogP contribution in [0.4, 0.5) is 13.2 Å². The molecule has 2 rings (SSSR count). The summed E-state index contributed by atoms with van der Waals surface area (Å²) in [6.07, 6.45) is 1.25. The van der Waals surface area contributed by atoms with Gasteiger partial charge >= 0.3 is 0 Å². The number of halogens is 3. The molecule has 1 amide bonds. The lowest BCUT2D eigenvalue weighted by Crippen LogP contribution is -2.23. The van der Waals surface area contributed by atoms with Crippen molar-refractivity contribution in [2.45, 2.75) is 13.3 Å². The Morgan fingerprint density at radius 3 is 2.41 bits per heavy atom. The predicted molar refractivity (Wildman–Crippen MR) is 76.1 cm³/mol. The largest absolute Gasteiger partial charge is 0.343 e. The summed E-state index contributed by atoms with van der Waals surface area (Å²) in [7, 11) is 3.20. The number of aromatic nitrogens is 1. The van der Waals surface area contributed by atoms with Gasteiger partial charge in [0.15, 0.2) is 11.6 Å². The lowest BCUT2D eigenvalue weighted by molar-refractivity contribution is 0.0822. The number of rotatable bonds is 3. The summed E-state index contributed by atoms with van der Waals surface area (Å²) < 4.78 is 40.6. The van der Waals surface area contributed by atoms with Crippen molar-refractivity contribution in [2.75, 3.05) is 14.1 Å². The fourth-order valence-corrected chi connectivity index (χ4v) is 2.04. The standard InChI is InChI=1S/C16H15F3N2O/c1-9-6-14(16(22)21(2)3)20-8-10(9)7-11-12(17)4-5-13(18)15(11)19/h4-6,8H,7H2,1-3H3. The summed E-state index contributed by atoms with van der Waals surface area (Å²) in [5.41, 5.74) is 1.07. The molecule has 0 aliphatic heterocycles. The molecule has 3 nitrogen and oxygen atoms in total. The topological polar surface area (TPSA) is 33.2 Å². The summed E-state index contributed by atoms with van der Waals surface area (Å²) in [5.74, 6) is -3.38. The molecule has 0 saturated carbocycles. The van der Waals surface area contributed by atoms with Gasteiger partial charge in [-0.15, -0.1) is 0 Å². The normalized spacial score (nSPS) is 10.6. The average molecular weight is 308 g/mol. The van der Waals surface area contributed by atoms with E-state index in [1.807, 2.05) is 0 Å². The molecule has 1 heterocycles. The maximum absolute atomic E-state index is 13.7. The third-order valence-electron chi connectivity index (χ3n) is 3.35. The molecule has 1 aromatic heterocycles. The summed E-state index contributed by atoms with van der Waals surface area (Å²) in [6, 6.07) is 3.19. The third-order valence-corrected chi connectivity index (χ3v) is 3.35. The van der Waals surface area contributed by atoms with Gasteiger partial charge in [0.25, 0.3) is 5.91 Å². The SMILES string of the molecule is Cc1cc(C(=O)N(C)C)ncc1Cc1c(F)ccc(F)c1F. The second kappa shape index (κ2) is 6.17. The van der Waals surface area contributed by atoms with E-state index in [2.05, 4.69) is 4.98 Å². The fraction of sp³-hybridized carbons (Fsp3) is 0.250. The van der Waals surface area contributed by atoms with Crippen molar-refractivity contribution >= 4 is 5.91 Å². The zero-order valence-corrected chi connectivity index (χ0v) is 12.5. The fourth-order valence-electron chi connectivity index (χ4n) is 2.04. The quantitative estimate of drug-likeness (QED) is 0.816. The zero-order valence-electron chi connectivity index (χ0n) is 12.5. The predicted octanol–water partition coefficient (Wildman–Crippen LogP) is 3.10. The molecule has 116 valence electrons. The van der Waals surface area contributed by atoms with E-state index in [-0.39, 0.29) is 23.6 Å². The van der Waals surface area contributed by atoms with Gasteiger partial charge in [0.2, 0.25) is 0 Å². The molecule has 0 radical (unpaired) electrons. The van der Waals surface area contributed by atoms with Crippen molar-refractivity contribution in [2.24, 2.45) is 0 Å². The van der Waals surface area contributed by atoms with Crippen LogP contribution in [0.25, 0.3) is 0 Å². The van der Waals surface area contributed by atoms with Gasteiger partial charge in [-0.25, -0.2) is 13.2 Å². The van der Waals surface area contributed by atoms with Crippen LogP contribution in [0.15, 0.2) is 24.4 Å². The number of hydrogen-bond donors (Lipinski definition) is 0. The first-order chi connectivity index (χ1) is 10.3. The first-order valence-corrected chi connectivity index (χ1v) is 6.60. The lowest BCUT2D eigenvalue weighted by Gasteiger charge is -2.12. The Balaban J connectivity index is 2.36. The smallest absolute Gasteiger partial charge is 0.271 e. The van der Waals surface area contributed by atoms with E-state index >= 15 is 0 Å². The molecule has 0 bridgehead atoms. The Morgan fingerprint density at radius 1 is 1.18 bits per heavy atom. The zero-order chi connectivity index (χ0) is 16.4. The van der Waals surface area contributed by atoms with Crippen molar-refractivity contribution in [1.82, 2.24) is 9.88 Å². The minimum atomic E-state index is -1.20. The molecule has 0 saturated heterocycles. The summed E-state index contributed by atoms with van der Waals surface area (Å²) in [6.45, 7) is 1.71. The van der Waals surface area contributed by atoms with E-state index in [0.29, 0.717) is 11.1 Å². The molecular weight excluding hydrogens is 293 g/mol. The number of hydrogen-bond acceptors (Lipinski definition) is 2. The van der Waals surface area contributed by atoms with Crippen LogP contribution < -0.4 is 0 Å². The monoisotopic (exact) mass is 308 g/mol. The van der Waals surface area contributed by atoms with Crippen LogP contribution in [-0.4, -0.2) is 29.9 Å². The number of pyridine rings is 1. The van der Waals surface area contributed by atoms with Gasteiger partial charge in [-0.1, -0.05) is 0 Å². The van der Waals surface area contributed by atoms with Gasteiger partial charge in [0, 0.05) is 32.3 Å². The van der Waals surface area contributed by atoms with Crippen LogP contribution in [-0.2, 0) is 6.42 Å². The summed E-state index contributed by atoms with van der Waals surface area (Å²) in [5, 5.41) is 0. The molecule has 0 N–H and O–H groups in total. The maximum atomic E-state index is 13.7. The highest BCUT2D eigenvalue weighted by Gasteiger charge is 2.17. The number of carbonyl (C=O) groups is 1. The highest BCUT2D eigenvalue weighted by atomic mass is 19.2. The second-order valence-electron chi connectivity index (χ2n) is 5.19. The average Bonchev–Trinajstić information content (AvgIpc) is 2.48. The van der Waals surface area contributed by atoms with Crippen molar-refractivity contribution in [3.8, 4) is 0 Å². The minimum Gasteiger partial charge on any atom is -0.343 e. The lowest BCUT2D eigenvalue weighted by atomic mass is 10.0. The van der Waals surface area contributed by atoms with E-state index in [1.165, 1.54) is 11.1 Å². The first kappa shape index (κ1) is 16.0. The molecule has 0 aliphatic carbocycles. The molecule has 0 atom stereocenters. The van der Waals surface area contributed by atoms with Crippen molar-refractivity contribution in [3.05, 3.63) is 64.2 Å².